The molecule has 30 heavy (non-hydrogen) atoms. The number of fused-ring (bicyclic) bond motifs is 5. The van der Waals surface area contributed by atoms with Crippen LogP contribution in [0.3, 0.4) is 0 Å². The normalized spacial score (nSPS) is 43.9. The highest BCUT2D eigenvalue weighted by Gasteiger charge is 2.59. The van der Waals surface area contributed by atoms with E-state index in [2.05, 4.69) is 47.3 Å². The second-order valence-corrected chi connectivity index (χ2v) is 12.5. The molecule has 0 amide bonds. The van der Waals surface area contributed by atoms with Crippen molar-refractivity contribution in [1.82, 2.24) is 0 Å². The lowest BCUT2D eigenvalue weighted by molar-refractivity contribution is -0.0580. The Morgan fingerprint density at radius 3 is 2.60 bits per heavy atom. The molecule has 0 spiro atoms. The Hall–Kier alpha value is -0.720. The van der Waals surface area contributed by atoms with Crippen LogP contribution in [0.2, 0.25) is 0 Å². The molecule has 0 bridgehead atoms. The van der Waals surface area contributed by atoms with Gasteiger partial charge in [0.05, 0.1) is 6.26 Å². The highest BCUT2D eigenvalue weighted by Crippen LogP contribution is 2.67. The first-order valence-corrected chi connectivity index (χ1v) is 13.3. The van der Waals surface area contributed by atoms with Gasteiger partial charge in [-0.2, -0.15) is 0 Å². The molecule has 8 unspecified atom stereocenters. The van der Waals surface area contributed by atoms with E-state index in [4.69, 9.17) is 4.74 Å². The molecule has 0 aromatic rings. The van der Waals surface area contributed by atoms with Crippen LogP contribution in [0, 0.1) is 46.3 Å². The van der Waals surface area contributed by atoms with Crippen LogP contribution in [0.4, 0.5) is 0 Å². The van der Waals surface area contributed by atoms with Crippen molar-refractivity contribution >= 4 is 0 Å². The van der Waals surface area contributed by atoms with Crippen LogP contribution in [0.15, 0.2) is 24.5 Å². The van der Waals surface area contributed by atoms with Gasteiger partial charge < -0.3 is 4.74 Å². The van der Waals surface area contributed by atoms with Crippen LogP contribution in [-0.4, -0.2) is 6.10 Å². The monoisotopic (exact) mass is 412 g/mol. The van der Waals surface area contributed by atoms with Gasteiger partial charge in [-0.1, -0.05) is 72.1 Å². The fourth-order valence-corrected chi connectivity index (χ4v) is 8.90. The molecule has 4 aliphatic carbocycles. The second-order valence-electron chi connectivity index (χ2n) is 12.5. The lowest BCUT2D eigenvalue weighted by atomic mass is 9.47. The predicted octanol–water partition coefficient (Wildman–Crippen LogP) is 8.56. The number of hydrogen-bond donors (Lipinski definition) is 0. The maximum absolute atomic E-state index is 5.81. The third-order valence-electron chi connectivity index (χ3n) is 10.5. The molecule has 0 aromatic heterocycles. The van der Waals surface area contributed by atoms with E-state index >= 15 is 0 Å². The van der Waals surface area contributed by atoms with Crippen LogP contribution in [0.25, 0.3) is 0 Å². The van der Waals surface area contributed by atoms with E-state index in [0.717, 1.165) is 41.9 Å². The van der Waals surface area contributed by atoms with Crippen molar-refractivity contribution in [2.45, 2.75) is 111 Å². The van der Waals surface area contributed by atoms with Gasteiger partial charge >= 0.3 is 0 Å². The fourth-order valence-electron chi connectivity index (χ4n) is 8.90. The van der Waals surface area contributed by atoms with E-state index in [1.165, 1.54) is 64.2 Å². The van der Waals surface area contributed by atoms with E-state index in [9.17, 15) is 0 Å². The molecule has 0 saturated heterocycles. The molecule has 0 heterocycles. The zero-order chi connectivity index (χ0) is 21.5. The molecule has 3 saturated carbocycles. The molecule has 0 aromatic carbocycles. The number of rotatable bonds is 7. The zero-order valence-corrected chi connectivity index (χ0v) is 20.6. The minimum Gasteiger partial charge on any atom is -0.498 e. The largest absolute Gasteiger partial charge is 0.498 e. The maximum Gasteiger partial charge on any atom is 0.102 e. The van der Waals surface area contributed by atoms with Gasteiger partial charge in [-0.05, 0) is 91.3 Å². The lowest BCUT2D eigenvalue weighted by Gasteiger charge is -2.58. The Bertz CT molecular complexity index is 647. The quantitative estimate of drug-likeness (QED) is 0.300. The minimum atomic E-state index is 0.370. The molecule has 0 radical (unpaired) electrons. The van der Waals surface area contributed by atoms with Crippen molar-refractivity contribution in [3.8, 4) is 0 Å². The van der Waals surface area contributed by atoms with E-state index in [0.29, 0.717) is 16.9 Å². The van der Waals surface area contributed by atoms with Crippen LogP contribution < -0.4 is 0 Å². The van der Waals surface area contributed by atoms with Crippen molar-refractivity contribution < 1.29 is 4.74 Å². The highest BCUT2D eigenvalue weighted by molar-refractivity contribution is 5.25. The summed E-state index contributed by atoms with van der Waals surface area (Å²) < 4.78 is 5.81. The van der Waals surface area contributed by atoms with Gasteiger partial charge in [0.2, 0.25) is 0 Å². The molecule has 3 fully saturated rings. The molecule has 1 heteroatoms. The molecule has 4 aliphatic rings. The third kappa shape index (κ3) is 3.81. The number of hydrogen-bond acceptors (Lipinski definition) is 1. The van der Waals surface area contributed by atoms with Crippen LogP contribution in [0.5, 0.6) is 0 Å². The van der Waals surface area contributed by atoms with E-state index in [-0.39, 0.29) is 0 Å². The van der Waals surface area contributed by atoms with Crippen molar-refractivity contribution in [2.24, 2.45) is 46.3 Å². The summed E-state index contributed by atoms with van der Waals surface area (Å²) in [6.45, 7) is 16.5. The Labute approximate surface area is 187 Å². The molecule has 0 N–H and O–H groups in total. The number of ether oxygens (including phenoxy) is 1. The van der Waals surface area contributed by atoms with Gasteiger partial charge in [-0.15, -0.1) is 0 Å². The summed E-state index contributed by atoms with van der Waals surface area (Å²) in [5, 5.41) is 0. The average molecular weight is 413 g/mol. The molecule has 4 rings (SSSR count). The summed E-state index contributed by atoms with van der Waals surface area (Å²) in [5.74, 6) is 5.54. The van der Waals surface area contributed by atoms with Crippen molar-refractivity contribution in [1.29, 1.82) is 0 Å². The Balaban J connectivity index is 1.47. The van der Waals surface area contributed by atoms with Crippen LogP contribution >= 0.6 is 0 Å². The summed E-state index contributed by atoms with van der Waals surface area (Å²) in [6.07, 6.45) is 19.9. The Morgan fingerprint density at radius 1 is 1.07 bits per heavy atom. The summed E-state index contributed by atoms with van der Waals surface area (Å²) in [7, 11) is 0. The average Bonchev–Trinajstić information content (AvgIpc) is 3.05. The van der Waals surface area contributed by atoms with E-state index in [1.54, 1.807) is 11.8 Å². The molecule has 8 atom stereocenters. The van der Waals surface area contributed by atoms with Gasteiger partial charge in [-0.25, -0.2) is 0 Å². The summed E-state index contributed by atoms with van der Waals surface area (Å²) in [4.78, 5) is 0. The Kier molecular flexibility index (Phi) is 6.49. The second kappa shape index (κ2) is 8.67. The van der Waals surface area contributed by atoms with Gasteiger partial charge in [0.25, 0.3) is 0 Å². The van der Waals surface area contributed by atoms with Gasteiger partial charge in [0.1, 0.15) is 6.10 Å². The van der Waals surface area contributed by atoms with Crippen LogP contribution in [-0.2, 0) is 4.74 Å². The Morgan fingerprint density at radius 2 is 1.87 bits per heavy atom. The summed E-state index contributed by atoms with van der Waals surface area (Å²) in [6, 6.07) is 0. The third-order valence-corrected chi connectivity index (χ3v) is 10.5. The standard InChI is InChI=1S/C29H48O/c1-7-30-23-15-17-28(5)22(19-23)11-12-24-26-14-13-25(21(4)10-8-9-20(2)3)29(26,6)18-16-27(24)28/h7,11,20-21,23-27H,1,8-10,12-19H2,2-6H3. The molecule has 1 nitrogen and oxygen atoms in total. The molecule has 170 valence electrons. The molecular formula is C29H48O. The highest BCUT2D eigenvalue weighted by atomic mass is 16.5. The van der Waals surface area contributed by atoms with Crippen molar-refractivity contribution in [3.63, 3.8) is 0 Å². The van der Waals surface area contributed by atoms with E-state index in [1.807, 2.05) is 0 Å². The van der Waals surface area contributed by atoms with E-state index < -0.39 is 0 Å². The minimum absolute atomic E-state index is 0.370. The maximum atomic E-state index is 5.81. The topological polar surface area (TPSA) is 9.23 Å². The first kappa shape index (κ1) is 22.5. The number of allylic oxidation sites excluding steroid dienone is 1. The predicted molar refractivity (Wildman–Crippen MR) is 128 cm³/mol. The van der Waals surface area contributed by atoms with Gasteiger partial charge in [0, 0.05) is 6.42 Å². The molecule has 0 aliphatic heterocycles. The molecular weight excluding hydrogens is 364 g/mol. The van der Waals surface area contributed by atoms with Crippen molar-refractivity contribution in [2.75, 3.05) is 0 Å². The SMILES string of the molecule is C=COC1CCC2(C)C(=CCC3C2CCC2(C)C(C(C)CCCC(C)C)CCC32)C1. The van der Waals surface area contributed by atoms with Gasteiger partial charge in [-0.3, -0.25) is 0 Å². The van der Waals surface area contributed by atoms with Crippen molar-refractivity contribution in [3.05, 3.63) is 24.5 Å². The fraction of sp³-hybridized carbons (Fsp3) is 0.862. The first-order valence-electron chi connectivity index (χ1n) is 13.3. The first-order chi connectivity index (χ1) is 14.3. The summed E-state index contributed by atoms with van der Waals surface area (Å²) in [5.41, 5.74) is 2.76. The zero-order valence-electron chi connectivity index (χ0n) is 20.6. The summed E-state index contributed by atoms with van der Waals surface area (Å²) >= 11 is 0. The smallest absolute Gasteiger partial charge is 0.102 e. The van der Waals surface area contributed by atoms with Gasteiger partial charge in [0.15, 0.2) is 0 Å². The lowest BCUT2D eigenvalue weighted by Crippen LogP contribution is -2.50. The van der Waals surface area contributed by atoms with Crippen LogP contribution in [0.1, 0.15) is 105 Å².